The number of amides is 2. The molecule has 0 radical (unpaired) electrons. The number of anilines is 2. The van der Waals surface area contributed by atoms with Crippen molar-refractivity contribution >= 4 is 52.6 Å². The molecule has 2 N–H and O–H groups in total. The topological polar surface area (TPSA) is 58.2 Å². The average Bonchev–Trinajstić information content (AvgIpc) is 2.90. The van der Waals surface area contributed by atoms with Crippen LogP contribution < -0.4 is 10.6 Å². The Hall–Kier alpha value is -3.87. The van der Waals surface area contributed by atoms with Gasteiger partial charge in [0.05, 0.1) is 5.02 Å². The van der Waals surface area contributed by atoms with Crippen LogP contribution in [0.25, 0.3) is 6.08 Å². The monoisotopic (exact) mass is 516 g/mol. The van der Waals surface area contributed by atoms with Gasteiger partial charge >= 0.3 is 0 Å². The van der Waals surface area contributed by atoms with Gasteiger partial charge in [0.2, 0.25) is 11.8 Å². The molecule has 4 aromatic carbocycles. The van der Waals surface area contributed by atoms with Gasteiger partial charge in [-0.25, -0.2) is 4.39 Å². The van der Waals surface area contributed by atoms with Crippen LogP contribution in [0.3, 0.4) is 0 Å². The fourth-order valence-corrected chi connectivity index (χ4v) is 4.56. The molecule has 1 unspecified atom stereocenters. The first-order chi connectivity index (χ1) is 17.5. The maximum atomic E-state index is 13.5. The second-order valence-corrected chi connectivity index (χ2v) is 9.37. The summed E-state index contributed by atoms with van der Waals surface area (Å²) in [7, 11) is 0. The Labute approximate surface area is 218 Å². The number of hydrogen-bond donors (Lipinski definition) is 2. The van der Waals surface area contributed by atoms with Crippen LogP contribution in [-0.4, -0.2) is 11.8 Å². The lowest BCUT2D eigenvalue weighted by atomic mass is 10.1. The largest absolute Gasteiger partial charge is 0.325 e. The fraction of sp³-hybridized carbons (Fsp3) is 0.0345. The normalized spacial score (nSPS) is 11.7. The Kier molecular flexibility index (Phi) is 8.55. The van der Waals surface area contributed by atoms with E-state index in [9.17, 15) is 14.0 Å². The Morgan fingerprint density at radius 3 is 2.11 bits per heavy atom. The summed E-state index contributed by atoms with van der Waals surface area (Å²) < 4.78 is 13.5. The summed E-state index contributed by atoms with van der Waals surface area (Å²) in [6.07, 6.45) is 3.23. The Morgan fingerprint density at radius 2 is 1.44 bits per heavy atom. The lowest BCUT2D eigenvalue weighted by Gasteiger charge is -2.17. The number of nitrogens with one attached hydrogen (secondary N) is 2. The molecule has 1 atom stereocenters. The van der Waals surface area contributed by atoms with E-state index in [0.717, 1.165) is 16.0 Å². The number of thioether (sulfide) groups is 1. The molecule has 0 spiro atoms. The van der Waals surface area contributed by atoms with Crippen molar-refractivity contribution in [2.24, 2.45) is 0 Å². The molecule has 0 saturated carbocycles. The highest BCUT2D eigenvalue weighted by Crippen LogP contribution is 2.37. The van der Waals surface area contributed by atoms with Gasteiger partial charge in [0.1, 0.15) is 11.1 Å². The van der Waals surface area contributed by atoms with Crippen LogP contribution >= 0.6 is 23.4 Å². The minimum absolute atomic E-state index is 0.0621. The summed E-state index contributed by atoms with van der Waals surface area (Å²) >= 11 is 7.23. The third kappa shape index (κ3) is 7.07. The van der Waals surface area contributed by atoms with Gasteiger partial charge in [0.15, 0.2) is 0 Å². The average molecular weight is 517 g/mol. The van der Waals surface area contributed by atoms with E-state index >= 15 is 0 Å². The number of carbonyl (C=O) groups excluding carboxylic acids is 2. The lowest BCUT2D eigenvalue weighted by molar-refractivity contribution is -0.116. The predicted octanol–water partition coefficient (Wildman–Crippen LogP) is 7.60. The van der Waals surface area contributed by atoms with Gasteiger partial charge in [-0.2, -0.15) is 0 Å². The molecule has 0 aliphatic rings. The molecule has 0 aromatic heterocycles. The molecular formula is C29H22ClFN2O2S. The zero-order valence-electron chi connectivity index (χ0n) is 19.0. The first-order valence-corrected chi connectivity index (χ1v) is 12.4. The zero-order chi connectivity index (χ0) is 25.3. The maximum Gasteiger partial charge on any atom is 0.248 e. The number of halogens is 2. The lowest BCUT2D eigenvalue weighted by Crippen LogP contribution is -2.19. The summed E-state index contributed by atoms with van der Waals surface area (Å²) in [6.45, 7) is 0. The van der Waals surface area contributed by atoms with Crippen molar-refractivity contribution in [2.75, 3.05) is 10.6 Å². The van der Waals surface area contributed by atoms with E-state index in [-0.39, 0.29) is 16.8 Å². The molecule has 36 heavy (non-hydrogen) atoms. The van der Waals surface area contributed by atoms with Gasteiger partial charge in [0.25, 0.3) is 0 Å². The van der Waals surface area contributed by atoms with Gasteiger partial charge in [-0.15, -0.1) is 11.8 Å². The Bertz CT molecular complexity index is 1360. The van der Waals surface area contributed by atoms with E-state index < -0.39 is 11.1 Å². The molecule has 0 aliphatic carbocycles. The molecule has 0 bridgehead atoms. The molecule has 4 nitrogen and oxygen atoms in total. The summed E-state index contributed by atoms with van der Waals surface area (Å²) in [4.78, 5) is 26.3. The Morgan fingerprint density at radius 1 is 0.806 bits per heavy atom. The van der Waals surface area contributed by atoms with Crippen LogP contribution in [0.1, 0.15) is 16.4 Å². The molecule has 4 aromatic rings. The van der Waals surface area contributed by atoms with Crippen molar-refractivity contribution in [2.45, 2.75) is 10.1 Å². The minimum Gasteiger partial charge on any atom is -0.325 e. The van der Waals surface area contributed by atoms with Crippen molar-refractivity contribution in [1.29, 1.82) is 0 Å². The highest BCUT2D eigenvalue weighted by molar-refractivity contribution is 8.00. The van der Waals surface area contributed by atoms with E-state index in [4.69, 9.17) is 11.6 Å². The van der Waals surface area contributed by atoms with E-state index in [1.807, 2.05) is 72.8 Å². The van der Waals surface area contributed by atoms with E-state index in [1.165, 1.54) is 36.0 Å². The van der Waals surface area contributed by atoms with Crippen LogP contribution in [0.5, 0.6) is 0 Å². The van der Waals surface area contributed by atoms with Gasteiger partial charge in [0, 0.05) is 22.3 Å². The molecule has 2 amide bonds. The maximum absolute atomic E-state index is 13.5. The quantitative estimate of drug-likeness (QED) is 0.187. The predicted molar refractivity (Wildman–Crippen MR) is 146 cm³/mol. The molecule has 180 valence electrons. The fourth-order valence-electron chi connectivity index (χ4n) is 3.36. The third-order valence-electron chi connectivity index (χ3n) is 5.13. The summed E-state index contributed by atoms with van der Waals surface area (Å²) in [5, 5.41) is 5.02. The van der Waals surface area contributed by atoms with Crippen molar-refractivity contribution in [3.8, 4) is 0 Å². The molecule has 0 aliphatic heterocycles. The molecule has 7 heteroatoms. The molecular weight excluding hydrogens is 495 g/mol. The van der Waals surface area contributed by atoms with Gasteiger partial charge in [-0.3, -0.25) is 9.59 Å². The smallest absolute Gasteiger partial charge is 0.248 e. The van der Waals surface area contributed by atoms with Gasteiger partial charge < -0.3 is 10.6 Å². The highest BCUT2D eigenvalue weighted by atomic mass is 35.5. The van der Waals surface area contributed by atoms with Crippen LogP contribution in [-0.2, 0) is 9.59 Å². The van der Waals surface area contributed by atoms with E-state index in [1.54, 1.807) is 18.2 Å². The van der Waals surface area contributed by atoms with Gasteiger partial charge in [-0.1, -0.05) is 72.3 Å². The van der Waals surface area contributed by atoms with Crippen molar-refractivity contribution < 1.29 is 14.0 Å². The van der Waals surface area contributed by atoms with Crippen molar-refractivity contribution in [1.82, 2.24) is 0 Å². The van der Waals surface area contributed by atoms with Gasteiger partial charge in [-0.05, 0) is 59.7 Å². The second kappa shape index (κ2) is 12.2. The minimum atomic E-state index is -0.565. The van der Waals surface area contributed by atoms with E-state index in [2.05, 4.69) is 10.6 Å². The first-order valence-electron chi connectivity index (χ1n) is 11.1. The Balaban J connectivity index is 1.44. The standard InChI is InChI=1S/C29H22ClFN2O2S/c30-25-19-23(14-17-26(25)31)33-29(35)28(21-9-5-2-6-10-21)36-24-15-12-22(13-16-24)32-27(34)18-11-20-7-3-1-4-8-20/h1-19,28H,(H,32,34)(H,33,35)/b18-11+. The summed E-state index contributed by atoms with van der Waals surface area (Å²) in [6, 6.07) is 30.3. The number of carbonyl (C=O) groups is 2. The van der Waals surface area contributed by atoms with Crippen molar-refractivity contribution in [3.05, 3.63) is 131 Å². The number of benzene rings is 4. The third-order valence-corrected chi connectivity index (χ3v) is 6.69. The zero-order valence-corrected chi connectivity index (χ0v) is 20.6. The van der Waals surface area contributed by atoms with E-state index in [0.29, 0.717) is 11.4 Å². The second-order valence-electron chi connectivity index (χ2n) is 7.78. The molecule has 4 rings (SSSR count). The van der Waals surface area contributed by atoms with Crippen LogP contribution in [0, 0.1) is 5.82 Å². The molecule has 0 fully saturated rings. The van der Waals surface area contributed by atoms with Crippen molar-refractivity contribution in [3.63, 3.8) is 0 Å². The summed E-state index contributed by atoms with van der Waals surface area (Å²) in [5.41, 5.74) is 2.81. The highest BCUT2D eigenvalue weighted by Gasteiger charge is 2.22. The van der Waals surface area contributed by atoms with Crippen LogP contribution in [0.4, 0.5) is 15.8 Å². The first kappa shape index (κ1) is 25.2. The van der Waals surface area contributed by atoms with Crippen LogP contribution in [0.2, 0.25) is 5.02 Å². The molecule has 0 saturated heterocycles. The summed E-state index contributed by atoms with van der Waals surface area (Å²) in [5.74, 6) is -1.05. The molecule has 0 heterocycles. The number of hydrogen-bond acceptors (Lipinski definition) is 3. The SMILES string of the molecule is O=C(/C=C/c1ccccc1)Nc1ccc(SC(C(=O)Nc2ccc(F)c(Cl)c2)c2ccccc2)cc1. The van der Waals surface area contributed by atoms with Crippen LogP contribution in [0.15, 0.2) is 114 Å². The number of rotatable bonds is 8.